The fourth-order valence-corrected chi connectivity index (χ4v) is 2.34. The first-order valence-corrected chi connectivity index (χ1v) is 8.34. The van der Waals surface area contributed by atoms with Crippen LogP contribution in [0.15, 0.2) is 18.2 Å². The molecule has 0 aliphatic carbocycles. The highest BCUT2D eigenvalue weighted by atomic mass is 35.5. The number of benzene rings is 1. The molecular weight excluding hydrogens is 359 g/mol. The topological polar surface area (TPSA) is 59.6 Å². The number of rotatable bonds is 9. The lowest BCUT2D eigenvalue weighted by molar-refractivity contribution is -0.119. The molecule has 1 amide bonds. The van der Waals surface area contributed by atoms with Gasteiger partial charge in [-0.3, -0.25) is 4.79 Å². The second-order valence-corrected chi connectivity index (χ2v) is 5.93. The monoisotopic (exact) mass is 378 g/mol. The molecule has 5 nitrogen and oxygen atoms in total. The summed E-state index contributed by atoms with van der Waals surface area (Å²) in [6.45, 7) is 1.68. The van der Waals surface area contributed by atoms with Gasteiger partial charge in [0.25, 0.3) is 0 Å². The van der Waals surface area contributed by atoms with E-state index in [2.05, 4.69) is 10.6 Å². The second kappa shape index (κ2) is 11.5. The zero-order chi connectivity index (χ0) is 17.1. The van der Waals surface area contributed by atoms with Gasteiger partial charge in [0.15, 0.2) is 5.11 Å². The fraction of sp³-hybridized carbons (Fsp3) is 0.467. The maximum atomic E-state index is 11.7. The van der Waals surface area contributed by atoms with Crippen LogP contribution in [-0.2, 0) is 9.53 Å². The standard InChI is InChI=1S/C15H20Cl2N2O3S/c1-21-8-3-7-18-15(23)19-14(20)4-2-9-22-13-6-5-11(16)10-12(13)17/h5-6,10H,2-4,7-9H2,1H3,(H2,18,19,20,23). The van der Waals surface area contributed by atoms with E-state index in [1.54, 1.807) is 25.3 Å². The first-order valence-electron chi connectivity index (χ1n) is 7.17. The van der Waals surface area contributed by atoms with Gasteiger partial charge in [0.05, 0.1) is 11.6 Å². The minimum atomic E-state index is -0.153. The van der Waals surface area contributed by atoms with Crippen LogP contribution in [0.1, 0.15) is 19.3 Å². The molecule has 128 valence electrons. The lowest BCUT2D eigenvalue weighted by Crippen LogP contribution is -2.39. The van der Waals surface area contributed by atoms with Crippen LogP contribution < -0.4 is 15.4 Å². The number of hydrogen-bond acceptors (Lipinski definition) is 4. The lowest BCUT2D eigenvalue weighted by atomic mass is 10.3. The van der Waals surface area contributed by atoms with Gasteiger partial charge in [-0.25, -0.2) is 0 Å². The number of hydrogen-bond donors (Lipinski definition) is 2. The van der Waals surface area contributed by atoms with Crippen molar-refractivity contribution >= 4 is 46.4 Å². The van der Waals surface area contributed by atoms with Gasteiger partial charge in [-0.2, -0.15) is 0 Å². The predicted molar refractivity (Wildman–Crippen MR) is 96.4 cm³/mol. The molecular formula is C15H20Cl2N2O3S. The highest BCUT2D eigenvalue weighted by Gasteiger charge is 2.06. The van der Waals surface area contributed by atoms with Crippen molar-refractivity contribution in [3.05, 3.63) is 28.2 Å². The number of nitrogens with one attached hydrogen (secondary N) is 2. The van der Waals surface area contributed by atoms with Gasteiger partial charge in [0, 0.05) is 31.7 Å². The fourth-order valence-electron chi connectivity index (χ4n) is 1.66. The molecule has 0 saturated carbocycles. The van der Waals surface area contributed by atoms with Crippen molar-refractivity contribution in [3.63, 3.8) is 0 Å². The Morgan fingerprint density at radius 2 is 2.04 bits per heavy atom. The maximum Gasteiger partial charge on any atom is 0.226 e. The summed E-state index contributed by atoms with van der Waals surface area (Å²) in [5.74, 6) is 0.395. The van der Waals surface area contributed by atoms with Gasteiger partial charge in [-0.1, -0.05) is 23.2 Å². The first kappa shape index (κ1) is 20.0. The van der Waals surface area contributed by atoms with E-state index < -0.39 is 0 Å². The Kier molecular flexibility index (Phi) is 9.94. The smallest absolute Gasteiger partial charge is 0.226 e. The number of carbonyl (C=O) groups is 1. The molecule has 0 bridgehead atoms. The van der Waals surface area contributed by atoms with E-state index in [0.29, 0.717) is 53.5 Å². The van der Waals surface area contributed by atoms with Crippen LogP contribution in [0.25, 0.3) is 0 Å². The van der Waals surface area contributed by atoms with E-state index in [9.17, 15) is 4.79 Å². The van der Waals surface area contributed by atoms with E-state index in [-0.39, 0.29) is 5.91 Å². The summed E-state index contributed by atoms with van der Waals surface area (Å²) in [4.78, 5) is 11.7. The summed E-state index contributed by atoms with van der Waals surface area (Å²) >= 11 is 16.8. The molecule has 1 aromatic rings. The molecule has 0 unspecified atom stereocenters. The van der Waals surface area contributed by atoms with Crippen LogP contribution in [0.4, 0.5) is 0 Å². The third kappa shape index (κ3) is 8.95. The third-order valence-corrected chi connectivity index (χ3v) is 3.54. The van der Waals surface area contributed by atoms with Gasteiger partial charge in [0.1, 0.15) is 5.75 Å². The highest BCUT2D eigenvalue weighted by molar-refractivity contribution is 7.80. The molecule has 2 N–H and O–H groups in total. The van der Waals surface area contributed by atoms with Crippen molar-refractivity contribution in [1.29, 1.82) is 0 Å². The quantitative estimate of drug-likeness (QED) is 0.510. The van der Waals surface area contributed by atoms with Gasteiger partial charge >= 0.3 is 0 Å². The summed E-state index contributed by atoms with van der Waals surface area (Å²) in [6.07, 6.45) is 1.68. The van der Waals surface area contributed by atoms with Gasteiger partial charge in [0.2, 0.25) is 5.91 Å². The Hall–Kier alpha value is -1.08. The summed E-state index contributed by atoms with van der Waals surface area (Å²) < 4.78 is 10.4. The zero-order valence-corrected chi connectivity index (χ0v) is 15.2. The van der Waals surface area contributed by atoms with Crippen molar-refractivity contribution in [3.8, 4) is 5.75 Å². The van der Waals surface area contributed by atoms with Crippen LogP contribution in [0.5, 0.6) is 5.75 Å². The lowest BCUT2D eigenvalue weighted by Gasteiger charge is -2.10. The van der Waals surface area contributed by atoms with Crippen molar-refractivity contribution in [2.24, 2.45) is 0 Å². The second-order valence-electron chi connectivity index (χ2n) is 4.68. The molecule has 0 saturated heterocycles. The van der Waals surface area contributed by atoms with Crippen molar-refractivity contribution in [2.45, 2.75) is 19.3 Å². The molecule has 0 aromatic heterocycles. The van der Waals surface area contributed by atoms with E-state index in [1.165, 1.54) is 0 Å². The molecule has 1 aromatic carbocycles. The summed E-state index contributed by atoms with van der Waals surface area (Å²) in [7, 11) is 1.64. The van der Waals surface area contributed by atoms with Crippen molar-refractivity contribution in [1.82, 2.24) is 10.6 Å². The summed E-state index contributed by atoms with van der Waals surface area (Å²) in [6, 6.07) is 5.01. The van der Waals surface area contributed by atoms with Crippen LogP contribution >= 0.6 is 35.4 Å². The molecule has 8 heteroatoms. The normalized spacial score (nSPS) is 10.2. The van der Waals surface area contributed by atoms with E-state index in [4.69, 9.17) is 44.9 Å². The average Bonchev–Trinajstić information content (AvgIpc) is 2.50. The largest absolute Gasteiger partial charge is 0.492 e. The molecule has 0 aliphatic heterocycles. The van der Waals surface area contributed by atoms with Crippen LogP contribution in [0.3, 0.4) is 0 Å². The van der Waals surface area contributed by atoms with E-state index >= 15 is 0 Å². The van der Waals surface area contributed by atoms with Crippen molar-refractivity contribution < 1.29 is 14.3 Å². The zero-order valence-electron chi connectivity index (χ0n) is 12.9. The SMILES string of the molecule is COCCCNC(=S)NC(=O)CCCOc1ccc(Cl)cc1Cl. The number of amides is 1. The van der Waals surface area contributed by atoms with E-state index in [0.717, 1.165) is 6.42 Å². The molecule has 0 heterocycles. The summed E-state index contributed by atoms with van der Waals surface area (Å²) in [5, 5.41) is 6.88. The van der Waals surface area contributed by atoms with Gasteiger partial charge in [-0.15, -0.1) is 0 Å². The number of halogens is 2. The number of thiocarbonyl (C=S) groups is 1. The Balaban J connectivity index is 2.15. The van der Waals surface area contributed by atoms with E-state index in [1.807, 2.05) is 0 Å². The van der Waals surface area contributed by atoms with Crippen molar-refractivity contribution in [2.75, 3.05) is 26.9 Å². The molecule has 0 fully saturated rings. The molecule has 0 aliphatic rings. The third-order valence-electron chi connectivity index (χ3n) is 2.76. The minimum Gasteiger partial charge on any atom is -0.492 e. The minimum absolute atomic E-state index is 0.153. The molecule has 0 radical (unpaired) electrons. The Bertz CT molecular complexity index is 529. The Morgan fingerprint density at radius 1 is 1.26 bits per heavy atom. The number of carbonyl (C=O) groups excluding carboxylic acids is 1. The van der Waals surface area contributed by atoms with Gasteiger partial charge < -0.3 is 20.1 Å². The molecule has 1 rings (SSSR count). The summed E-state index contributed by atoms with van der Waals surface area (Å²) in [5.41, 5.74) is 0. The number of methoxy groups -OCH3 is 1. The molecule has 23 heavy (non-hydrogen) atoms. The van der Waals surface area contributed by atoms with Gasteiger partial charge in [-0.05, 0) is 43.3 Å². The predicted octanol–water partition coefficient (Wildman–Crippen LogP) is 3.18. The van der Waals surface area contributed by atoms with Crippen LogP contribution in [-0.4, -0.2) is 37.9 Å². The highest BCUT2D eigenvalue weighted by Crippen LogP contribution is 2.27. The molecule has 0 atom stereocenters. The van der Waals surface area contributed by atoms with Crippen LogP contribution in [0.2, 0.25) is 10.0 Å². The molecule has 0 spiro atoms. The average molecular weight is 379 g/mol. The Labute approximate surface area is 151 Å². The van der Waals surface area contributed by atoms with Crippen LogP contribution in [0, 0.1) is 0 Å². The first-order chi connectivity index (χ1) is 11.0. The Morgan fingerprint density at radius 3 is 2.74 bits per heavy atom. The number of ether oxygens (including phenoxy) is 2. The maximum absolute atomic E-state index is 11.7.